The van der Waals surface area contributed by atoms with Crippen molar-refractivity contribution in [3.63, 3.8) is 0 Å². The quantitative estimate of drug-likeness (QED) is 0.539. The second-order valence-corrected chi connectivity index (χ2v) is 3.85. The van der Waals surface area contributed by atoms with E-state index in [0.29, 0.717) is 0 Å². The molecule has 1 rings (SSSR count). The normalized spacial score (nSPS) is 12.3. The summed E-state index contributed by atoms with van der Waals surface area (Å²) >= 11 is 0. The molecule has 0 spiro atoms. The minimum Gasteiger partial charge on any atom is -0.479 e. The first-order chi connectivity index (χ1) is 9.82. The number of hydrogen-bond acceptors (Lipinski definition) is 4. The molecule has 0 aliphatic carbocycles. The van der Waals surface area contributed by atoms with E-state index in [4.69, 9.17) is 15.3 Å². The predicted molar refractivity (Wildman–Crippen MR) is 68.7 cm³/mol. The number of amides is 1. The molecule has 110 valence electrons. The van der Waals surface area contributed by atoms with Crippen LogP contribution in [0.15, 0.2) is 42.0 Å². The third kappa shape index (κ3) is 4.46. The molecule has 1 amide bonds. The highest BCUT2D eigenvalue weighted by atomic mass is 16.4. The minimum absolute atomic E-state index is 0.115. The van der Waals surface area contributed by atoms with Crippen LogP contribution in [0.1, 0.15) is 10.4 Å². The molecule has 0 heterocycles. The van der Waals surface area contributed by atoms with Crippen molar-refractivity contribution in [2.45, 2.75) is 6.04 Å². The highest BCUT2D eigenvalue weighted by Crippen LogP contribution is 2.07. The Morgan fingerprint density at radius 1 is 1.00 bits per heavy atom. The smallest absolute Gasteiger partial charge is 0.334 e. The van der Waals surface area contributed by atoms with Crippen molar-refractivity contribution < 1.29 is 34.5 Å². The summed E-state index contributed by atoms with van der Waals surface area (Å²) in [5, 5.41) is 28.4. The molecule has 0 bridgehead atoms. The Balaban J connectivity index is 3.07. The zero-order valence-electron chi connectivity index (χ0n) is 10.5. The Morgan fingerprint density at radius 2 is 1.57 bits per heavy atom. The van der Waals surface area contributed by atoms with E-state index in [-0.39, 0.29) is 11.6 Å². The fraction of sp³-hybridized carbons (Fsp3) is 0.0769. The van der Waals surface area contributed by atoms with E-state index in [0.717, 1.165) is 0 Å². The fourth-order valence-corrected chi connectivity index (χ4v) is 1.48. The fourth-order valence-electron chi connectivity index (χ4n) is 1.48. The van der Waals surface area contributed by atoms with Crippen molar-refractivity contribution >= 4 is 23.8 Å². The number of carbonyl (C=O) groups is 4. The maximum Gasteiger partial charge on any atom is 0.334 e. The van der Waals surface area contributed by atoms with E-state index in [1.807, 2.05) is 5.32 Å². The molecular formula is C13H11NO7. The van der Waals surface area contributed by atoms with Gasteiger partial charge in [-0.3, -0.25) is 4.79 Å². The lowest BCUT2D eigenvalue weighted by atomic mass is 10.1. The molecule has 1 unspecified atom stereocenters. The lowest BCUT2D eigenvalue weighted by Crippen LogP contribution is -2.44. The molecule has 0 radical (unpaired) electrons. The van der Waals surface area contributed by atoms with Gasteiger partial charge in [-0.25, -0.2) is 14.4 Å². The zero-order chi connectivity index (χ0) is 16.0. The van der Waals surface area contributed by atoms with Crippen molar-refractivity contribution in [1.29, 1.82) is 0 Å². The largest absolute Gasteiger partial charge is 0.479 e. The summed E-state index contributed by atoms with van der Waals surface area (Å²) in [6, 6.07) is 5.53. The standard InChI is InChI=1S/C13H11NO7/c15-9(16)6-8(12(18)19)10(13(20)21)14-11(17)7-4-2-1-3-5-7/h1-6,10H,(H,14,17)(H,15,16)(H,18,19)(H,20,21). The van der Waals surface area contributed by atoms with Gasteiger partial charge in [0.1, 0.15) is 0 Å². The van der Waals surface area contributed by atoms with E-state index in [2.05, 4.69) is 0 Å². The third-order valence-electron chi connectivity index (χ3n) is 2.40. The molecule has 0 saturated heterocycles. The number of carboxylic acid groups (broad SMARTS) is 3. The molecule has 1 atom stereocenters. The summed E-state index contributed by atoms with van der Waals surface area (Å²) < 4.78 is 0. The molecule has 1 aromatic rings. The van der Waals surface area contributed by atoms with Crippen LogP contribution in [0.4, 0.5) is 0 Å². The summed E-state index contributed by atoms with van der Waals surface area (Å²) in [7, 11) is 0. The average molecular weight is 293 g/mol. The number of hydrogen-bond donors (Lipinski definition) is 4. The number of aliphatic carboxylic acids is 3. The van der Waals surface area contributed by atoms with E-state index >= 15 is 0 Å². The van der Waals surface area contributed by atoms with Crippen molar-refractivity contribution in [3.8, 4) is 0 Å². The van der Waals surface area contributed by atoms with E-state index in [1.165, 1.54) is 24.3 Å². The van der Waals surface area contributed by atoms with Gasteiger partial charge in [-0.2, -0.15) is 0 Å². The SMILES string of the molecule is O=C(O)C=C(C(=O)O)C(NC(=O)c1ccccc1)C(=O)O. The molecule has 0 aliphatic rings. The Hall–Kier alpha value is -3.16. The van der Waals surface area contributed by atoms with Gasteiger partial charge >= 0.3 is 17.9 Å². The van der Waals surface area contributed by atoms with Crippen LogP contribution in [0, 0.1) is 0 Å². The van der Waals surface area contributed by atoms with Gasteiger partial charge in [0.05, 0.1) is 5.57 Å². The molecule has 1 aromatic carbocycles. The summed E-state index contributed by atoms with van der Waals surface area (Å²) in [6.07, 6.45) is 0.229. The van der Waals surface area contributed by atoms with Gasteiger partial charge in [-0.05, 0) is 12.1 Å². The molecule has 0 aromatic heterocycles. The van der Waals surface area contributed by atoms with E-state index in [9.17, 15) is 19.2 Å². The maximum atomic E-state index is 11.8. The van der Waals surface area contributed by atoms with Crippen LogP contribution in [0.25, 0.3) is 0 Å². The van der Waals surface area contributed by atoms with Gasteiger partial charge in [-0.1, -0.05) is 18.2 Å². The van der Waals surface area contributed by atoms with E-state index < -0.39 is 35.4 Å². The van der Waals surface area contributed by atoms with Crippen LogP contribution >= 0.6 is 0 Å². The van der Waals surface area contributed by atoms with Crippen LogP contribution < -0.4 is 5.32 Å². The molecule has 8 nitrogen and oxygen atoms in total. The highest BCUT2D eigenvalue weighted by Gasteiger charge is 2.30. The lowest BCUT2D eigenvalue weighted by Gasteiger charge is -2.15. The Kier molecular flexibility index (Phi) is 5.18. The average Bonchev–Trinajstić information content (AvgIpc) is 2.42. The second kappa shape index (κ2) is 6.85. The molecule has 0 saturated carbocycles. The van der Waals surface area contributed by atoms with Crippen molar-refractivity contribution in [2.24, 2.45) is 0 Å². The number of rotatable bonds is 6. The topological polar surface area (TPSA) is 141 Å². The van der Waals surface area contributed by atoms with Gasteiger partial charge in [-0.15, -0.1) is 0 Å². The van der Waals surface area contributed by atoms with Crippen molar-refractivity contribution in [1.82, 2.24) is 5.32 Å². The Bertz CT molecular complexity index is 606. The summed E-state index contributed by atoms with van der Waals surface area (Å²) in [5.74, 6) is -5.90. The molecular weight excluding hydrogens is 282 g/mol. The minimum atomic E-state index is -1.98. The number of benzene rings is 1. The number of nitrogens with one attached hydrogen (secondary N) is 1. The van der Waals surface area contributed by atoms with Gasteiger partial charge in [0, 0.05) is 11.6 Å². The summed E-state index contributed by atoms with van der Waals surface area (Å²) in [5.41, 5.74) is -0.844. The summed E-state index contributed by atoms with van der Waals surface area (Å²) in [6.45, 7) is 0. The Labute approximate surface area is 118 Å². The van der Waals surface area contributed by atoms with Crippen LogP contribution in [0.2, 0.25) is 0 Å². The van der Waals surface area contributed by atoms with Crippen LogP contribution in [-0.2, 0) is 14.4 Å². The van der Waals surface area contributed by atoms with Crippen molar-refractivity contribution in [2.75, 3.05) is 0 Å². The Morgan fingerprint density at radius 3 is 2.00 bits per heavy atom. The first kappa shape index (κ1) is 15.9. The van der Waals surface area contributed by atoms with Crippen LogP contribution in [0.5, 0.6) is 0 Å². The first-order valence-electron chi connectivity index (χ1n) is 5.59. The zero-order valence-corrected chi connectivity index (χ0v) is 10.5. The second-order valence-electron chi connectivity index (χ2n) is 3.85. The van der Waals surface area contributed by atoms with Gasteiger partial charge in [0.25, 0.3) is 5.91 Å². The maximum absolute atomic E-state index is 11.8. The van der Waals surface area contributed by atoms with Crippen LogP contribution in [-0.4, -0.2) is 45.2 Å². The van der Waals surface area contributed by atoms with Gasteiger partial charge in [0.15, 0.2) is 6.04 Å². The summed E-state index contributed by atoms with van der Waals surface area (Å²) in [4.78, 5) is 44.4. The molecule has 0 aliphatic heterocycles. The van der Waals surface area contributed by atoms with Crippen molar-refractivity contribution in [3.05, 3.63) is 47.5 Å². The first-order valence-corrected chi connectivity index (χ1v) is 5.59. The van der Waals surface area contributed by atoms with Gasteiger partial charge in [0.2, 0.25) is 0 Å². The predicted octanol–water partition coefficient (Wildman–Crippen LogP) is -0.0348. The van der Waals surface area contributed by atoms with Gasteiger partial charge < -0.3 is 20.6 Å². The number of carbonyl (C=O) groups excluding carboxylic acids is 1. The third-order valence-corrected chi connectivity index (χ3v) is 2.40. The molecule has 0 fully saturated rings. The highest BCUT2D eigenvalue weighted by molar-refractivity contribution is 6.04. The lowest BCUT2D eigenvalue weighted by molar-refractivity contribution is -0.141. The molecule has 8 heteroatoms. The van der Waals surface area contributed by atoms with E-state index in [1.54, 1.807) is 6.07 Å². The monoisotopic (exact) mass is 293 g/mol. The number of carboxylic acids is 3. The molecule has 21 heavy (non-hydrogen) atoms. The van der Waals surface area contributed by atoms with Crippen LogP contribution in [0.3, 0.4) is 0 Å². The molecule has 4 N–H and O–H groups in total.